The molecule has 0 unspecified atom stereocenters. The molecule has 2 aromatic rings. The fourth-order valence-electron chi connectivity index (χ4n) is 2.41. The number of nitro groups is 1. The molecule has 6 heteroatoms. The van der Waals surface area contributed by atoms with Gasteiger partial charge in [-0.2, -0.15) is 0 Å². The van der Waals surface area contributed by atoms with Gasteiger partial charge in [0.15, 0.2) is 5.03 Å². The van der Waals surface area contributed by atoms with Crippen LogP contribution in [0, 0.1) is 10.1 Å². The highest BCUT2D eigenvalue weighted by Crippen LogP contribution is 2.35. The standard InChI is InChI=1S/C16H10N2O4/c19-15-13(11-7-3-1-4-8-11)14(12-9-5-2-6-10-12)16(20)17(15)18(21)22/h1-10H. The molecule has 0 atom stereocenters. The average Bonchev–Trinajstić information content (AvgIpc) is 2.80. The summed E-state index contributed by atoms with van der Waals surface area (Å²) in [6.45, 7) is 0. The molecular formula is C16H10N2O4. The van der Waals surface area contributed by atoms with Gasteiger partial charge in [0.25, 0.3) is 0 Å². The average molecular weight is 294 g/mol. The Morgan fingerprint density at radius 1 is 0.727 bits per heavy atom. The molecule has 1 aliphatic rings. The maximum atomic E-state index is 12.3. The largest absolute Gasteiger partial charge is 0.325 e. The van der Waals surface area contributed by atoms with Crippen LogP contribution in [0.1, 0.15) is 11.1 Å². The van der Waals surface area contributed by atoms with Gasteiger partial charge < -0.3 is 0 Å². The predicted octanol–water partition coefficient (Wildman–Crippen LogP) is 2.16. The molecule has 6 nitrogen and oxygen atoms in total. The van der Waals surface area contributed by atoms with Crippen LogP contribution in [-0.2, 0) is 9.59 Å². The number of carbonyl (C=O) groups excluding carboxylic acids is 2. The van der Waals surface area contributed by atoms with Crippen LogP contribution in [-0.4, -0.2) is 21.9 Å². The van der Waals surface area contributed by atoms with Crippen LogP contribution in [0.4, 0.5) is 0 Å². The number of hydrogen-bond acceptors (Lipinski definition) is 4. The first-order chi connectivity index (χ1) is 10.6. The van der Waals surface area contributed by atoms with Crippen LogP contribution in [0.3, 0.4) is 0 Å². The van der Waals surface area contributed by atoms with Gasteiger partial charge in [-0.1, -0.05) is 60.7 Å². The molecule has 22 heavy (non-hydrogen) atoms. The van der Waals surface area contributed by atoms with E-state index in [-0.39, 0.29) is 16.2 Å². The van der Waals surface area contributed by atoms with Gasteiger partial charge in [0, 0.05) is 5.01 Å². The lowest BCUT2D eigenvalue weighted by molar-refractivity contribution is -0.612. The van der Waals surface area contributed by atoms with Gasteiger partial charge >= 0.3 is 11.8 Å². The SMILES string of the molecule is O=C1C(c2ccccc2)=C(c2ccccc2)C(=O)N1[N+](=O)[O-]. The van der Waals surface area contributed by atoms with E-state index in [9.17, 15) is 19.7 Å². The number of hydrazine groups is 1. The van der Waals surface area contributed by atoms with Gasteiger partial charge in [0.05, 0.1) is 11.1 Å². The van der Waals surface area contributed by atoms with Crippen molar-refractivity contribution in [1.29, 1.82) is 0 Å². The molecule has 0 N–H and O–H groups in total. The highest BCUT2D eigenvalue weighted by Gasteiger charge is 2.47. The van der Waals surface area contributed by atoms with Gasteiger partial charge in [0.1, 0.15) is 0 Å². The minimum atomic E-state index is -0.983. The van der Waals surface area contributed by atoms with Gasteiger partial charge in [-0.05, 0) is 11.1 Å². The van der Waals surface area contributed by atoms with E-state index in [1.165, 1.54) is 0 Å². The van der Waals surface area contributed by atoms with Crippen molar-refractivity contribution < 1.29 is 14.6 Å². The number of hydrogen-bond donors (Lipinski definition) is 0. The van der Waals surface area contributed by atoms with E-state index in [1.807, 2.05) is 0 Å². The first kappa shape index (κ1) is 13.7. The van der Waals surface area contributed by atoms with Crippen molar-refractivity contribution in [3.8, 4) is 0 Å². The Bertz CT molecular complexity index is 736. The second-order valence-electron chi connectivity index (χ2n) is 4.64. The summed E-state index contributed by atoms with van der Waals surface area (Å²) >= 11 is 0. The molecular weight excluding hydrogens is 284 g/mol. The molecule has 0 radical (unpaired) electrons. The van der Waals surface area contributed by atoms with E-state index in [2.05, 4.69) is 0 Å². The van der Waals surface area contributed by atoms with E-state index in [1.54, 1.807) is 60.7 Å². The molecule has 0 fully saturated rings. The van der Waals surface area contributed by atoms with Gasteiger partial charge in [-0.15, -0.1) is 0 Å². The summed E-state index contributed by atoms with van der Waals surface area (Å²) in [6, 6.07) is 16.9. The Labute approximate surface area is 125 Å². The van der Waals surface area contributed by atoms with Crippen LogP contribution in [0.25, 0.3) is 11.1 Å². The molecule has 0 aliphatic carbocycles. The zero-order valence-electron chi connectivity index (χ0n) is 11.3. The van der Waals surface area contributed by atoms with E-state index in [4.69, 9.17) is 0 Å². The molecule has 0 aromatic heterocycles. The van der Waals surface area contributed by atoms with Crippen LogP contribution in [0.15, 0.2) is 60.7 Å². The Kier molecular flexibility index (Phi) is 3.27. The second kappa shape index (κ2) is 5.25. The van der Waals surface area contributed by atoms with Gasteiger partial charge in [-0.3, -0.25) is 9.59 Å². The van der Waals surface area contributed by atoms with E-state index >= 15 is 0 Å². The lowest BCUT2D eigenvalue weighted by Gasteiger charge is -2.03. The van der Waals surface area contributed by atoms with Crippen molar-refractivity contribution >= 4 is 23.0 Å². The monoisotopic (exact) mass is 294 g/mol. The van der Waals surface area contributed by atoms with Crippen molar-refractivity contribution in [3.05, 3.63) is 81.9 Å². The third-order valence-electron chi connectivity index (χ3n) is 3.35. The number of amides is 2. The van der Waals surface area contributed by atoms with E-state index in [0.717, 1.165) is 0 Å². The maximum Gasteiger partial charge on any atom is 0.325 e. The summed E-state index contributed by atoms with van der Waals surface area (Å²) in [6.07, 6.45) is 0. The number of benzene rings is 2. The first-order valence-electron chi connectivity index (χ1n) is 6.49. The van der Waals surface area contributed by atoms with Crippen LogP contribution < -0.4 is 0 Å². The normalized spacial score (nSPS) is 14.6. The second-order valence-corrected chi connectivity index (χ2v) is 4.64. The number of rotatable bonds is 3. The van der Waals surface area contributed by atoms with Crippen molar-refractivity contribution in [2.45, 2.75) is 0 Å². The Morgan fingerprint density at radius 3 is 1.41 bits per heavy atom. The maximum absolute atomic E-state index is 12.3. The van der Waals surface area contributed by atoms with Crippen molar-refractivity contribution in [2.24, 2.45) is 0 Å². The van der Waals surface area contributed by atoms with Crippen molar-refractivity contribution in [2.75, 3.05) is 0 Å². The number of imide groups is 1. The Morgan fingerprint density at radius 2 is 1.09 bits per heavy atom. The molecule has 1 heterocycles. The highest BCUT2D eigenvalue weighted by molar-refractivity contribution is 6.48. The lowest BCUT2D eigenvalue weighted by atomic mass is 9.96. The third kappa shape index (κ3) is 2.07. The predicted molar refractivity (Wildman–Crippen MR) is 78.5 cm³/mol. The van der Waals surface area contributed by atoms with Crippen molar-refractivity contribution in [1.82, 2.24) is 5.01 Å². The molecule has 2 aromatic carbocycles. The summed E-state index contributed by atoms with van der Waals surface area (Å²) in [7, 11) is 0. The minimum absolute atomic E-state index is 0.0495. The van der Waals surface area contributed by atoms with Crippen molar-refractivity contribution in [3.63, 3.8) is 0 Å². The van der Waals surface area contributed by atoms with Gasteiger partial charge in [-0.25, -0.2) is 10.1 Å². The number of carbonyl (C=O) groups is 2. The zero-order valence-corrected chi connectivity index (χ0v) is 11.3. The molecule has 2 amide bonds. The fourth-order valence-corrected chi connectivity index (χ4v) is 2.41. The smallest absolute Gasteiger partial charge is 0.262 e. The molecule has 108 valence electrons. The molecule has 0 spiro atoms. The van der Waals surface area contributed by atoms with Crippen LogP contribution in [0.5, 0.6) is 0 Å². The highest BCUT2D eigenvalue weighted by atomic mass is 16.7. The third-order valence-corrected chi connectivity index (χ3v) is 3.35. The minimum Gasteiger partial charge on any atom is -0.262 e. The molecule has 0 saturated carbocycles. The Hall–Kier alpha value is -3.28. The number of nitrogens with zero attached hydrogens (tertiary/aromatic N) is 2. The summed E-state index contributed by atoms with van der Waals surface area (Å²) in [5.74, 6) is -1.83. The Balaban J connectivity index is 2.26. The molecule has 0 saturated heterocycles. The van der Waals surface area contributed by atoms with Gasteiger partial charge in [0.2, 0.25) is 0 Å². The summed E-state index contributed by atoms with van der Waals surface area (Å²) in [5.41, 5.74) is 1.05. The zero-order chi connectivity index (χ0) is 15.7. The summed E-state index contributed by atoms with van der Waals surface area (Å²) in [4.78, 5) is 35.7. The fraction of sp³-hybridized carbons (Fsp3) is 0. The van der Waals surface area contributed by atoms with E-state index in [0.29, 0.717) is 11.1 Å². The molecule has 3 rings (SSSR count). The summed E-state index contributed by atoms with van der Waals surface area (Å²) < 4.78 is 0. The topological polar surface area (TPSA) is 80.5 Å². The lowest BCUT2D eigenvalue weighted by Crippen LogP contribution is -2.36. The molecule has 1 aliphatic heterocycles. The first-order valence-corrected chi connectivity index (χ1v) is 6.49. The van der Waals surface area contributed by atoms with E-state index < -0.39 is 16.8 Å². The van der Waals surface area contributed by atoms with Crippen LogP contribution in [0.2, 0.25) is 0 Å². The molecule has 0 bridgehead atoms. The van der Waals surface area contributed by atoms with Crippen LogP contribution >= 0.6 is 0 Å². The quantitative estimate of drug-likeness (QED) is 0.493. The summed E-state index contributed by atoms with van der Waals surface area (Å²) in [5, 5.41) is 10.1.